The molecule has 124 valence electrons. The topological polar surface area (TPSA) is 64.1 Å². The molecule has 1 fully saturated rings. The number of fused-ring (bicyclic) bond motifs is 1. The molecule has 23 heavy (non-hydrogen) atoms. The maximum Gasteiger partial charge on any atom is 0.187 e. The Morgan fingerprint density at radius 2 is 2.09 bits per heavy atom. The lowest BCUT2D eigenvalue weighted by Crippen LogP contribution is -2.37. The van der Waals surface area contributed by atoms with Gasteiger partial charge in [-0.1, -0.05) is 0 Å². The van der Waals surface area contributed by atoms with Crippen LogP contribution in [0.2, 0.25) is 0 Å². The van der Waals surface area contributed by atoms with Crippen LogP contribution in [0.4, 0.5) is 0 Å². The van der Waals surface area contributed by atoms with E-state index in [-0.39, 0.29) is 6.10 Å². The molecule has 3 rings (SSSR count). The Morgan fingerprint density at radius 3 is 2.87 bits per heavy atom. The second-order valence-corrected chi connectivity index (χ2v) is 5.92. The largest absolute Gasteiger partial charge is 0.486 e. The van der Waals surface area contributed by atoms with Gasteiger partial charge in [-0.25, -0.2) is 0 Å². The van der Waals surface area contributed by atoms with E-state index >= 15 is 0 Å². The molecule has 2 aliphatic rings. The molecule has 0 aliphatic carbocycles. The van der Waals surface area contributed by atoms with Gasteiger partial charge in [0, 0.05) is 18.7 Å². The normalized spacial score (nSPS) is 20.2. The van der Waals surface area contributed by atoms with Gasteiger partial charge in [0.1, 0.15) is 13.2 Å². The van der Waals surface area contributed by atoms with Gasteiger partial charge in [0.25, 0.3) is 0 Å². The fraction of sp³-hybridized carbons (Fsp3) is 0.500. The average Bonchev–Trinajstić information content (AvgIpc) is 3.11. The van der Waals surface area contributed by atoms with Gasteiger partial charge in [-0.15, -0.1) is 0 Å². The number of nitrogens with zero attached hydrogens (tertiary/aromatic N) is 1. The summed E-state index contributed by atoms with van der Waals surface area (Å²) in [7, 11) is 0. The van der Waals surface area contributed by atoms with Gasteiger partial charge in [-0.05, 0) is 50.2 Å². The Bertz CT molecular complexity index is 600. The molecule has 7 heteroatoms. The van der Waals surface area contributed by atoms with E-state index < -0.39 is 0 Å². The molecular weight excluding hydrogens is 314 g/mol. The van der Waals surface area contributed by atoms with Gasteiger partial charge >= 0.3 is 0 Å². The van der Waals surface area contributed by atoms with E-state index in [2.05, 4.69) is 15.8 Å². The molecule has 0 spiro atoms. The molecule has 0 radical (unpaired) electrons. The van der Waals surface area contributed by atoms with E-state index in [1.807, 2.05) is 25.1 Å². The number of hydrazone groups is 1. The molecule has 2 aliphatic heterocycles. The van der Waals surface area contributed by atoms with Gasteiger partial charge in [0.15, 0.2) is 16.6 Å². The molecular formula is C16H21N3O3S. The molecule has 0 amide bonds. The quantitative estimate of drug-likeness (QED) is 0.497. The monoisotopic (exact) mass is 335 g/mol. The van der Waals surface area contributed by atoms with Crippen LogP contribution in [0.3, 0.4) is 0 Å². The SMILES string of the molecule is C/C(=N/NC(=S)NC[C@@H]1CCCO1)c1ccc2c(c1)OCCO2. The summed E-state index contributed by atoms with van der Waals surface area (Å²) in [5.74, 6) is 1.52. The highest BCUT2D eigenvalue weighted by Gasteiger charge is 2.15. The maximum absolute atomic E-state index is 5.58. The summed E-state index contributed by atoms with van der Waals surface area (Å²) in [6, 6.07) is 5.78. The molecule has 1 atom stereocenters. The van der Waals surface area contributed by atoms with Crippen LogP contribution in [-0.4, -0.2) is 43.3 Å². The third-order valence-corrected chi connectivity index (χ3v) is 4.04. The second-order valence-electron chi connectivity index (χ2n) is 5.51. The Labute approximate surface area is 141 Å². The van der Waals surface area contributed by atoms with Crippen molar-refractivity contribution in [2.24, 2.45) is 5.10 Å². The van der Waals surface area contributed by atoms with Crippen molar-refractivity contribution in [3.05, 3.63) is 23.8 Å². The van der Waals surface area contributed by atoms with E-state index in [1.54, 1.807) is 0 Å². The maximum atomic E-state index is 5.58. The Kier molecular flexibility index (Phi) is 5.30. The van der Waals surface area contributed by atoms with Crippen LogP contribution in [0.25, 0.3) is 0 Å². The number of benzene rings is 1. The van der Waals surface area contributed by atoms with Crippen molar-refractivity contribution >= 4 is 23.0 Å². The van der Waals surface area contributed by atoms with Crippen LogP contribution in [0.15, 0.2) is 23.3 Å². The molecule has 0 unspecified atom stereocenters. The van der Waals surface area contributed by atoms with Crippen molar-refractivity contribution in [2.75, 3.05) is 26.4 Å². The van der Waals surface area contributed by atoms with Gasteiger partial charge in [-0.3, -0.25) is 5.43 Å². The van der Waals surface area contributed by atoms with Crippen LogP contribution >= 0.6 is 12.2 Å². The number of nitrogens with one attached hydrogen (secondary N) is 2. The zero-order valence-corrected chi connectivity index (χ0v) is 13.9. The molecule has 1 aromatic carbocycles. The van der Waals surface area contributed by atoms with Crippen LogP contribution in [0.5, 0.6) is 11.5 Å². The zero-order chi connectivity index (χ0) is 16.1. The lowest BCUT2D eigenvalue weighted by atomic mass is 10.1. The van der Waals surface area contributed by atoms with Crippen LogP contribution in [0.1, 0.15) is 25.3 Å². The molecule has 2 heterocycles. The summed E-state index contributed by atoms with van der Waals surface area (Å²) in [5, 5.41) is 7.94. The Balaban J connectivity index is 1.53. The van der Waals surface area contributed by atoms with Gasteiger partial charge < -0.3 is 19.5 Å². The highest BCUT2D eigenvalue weighted by molar-refractivity contribution is 7.80. The lowest BCUT2D eigenvalue weighted by molar-refractivity contribution is 0.114. The van der Waals surface area contributed by atoms with E-state index in [4.69, 9.17) is 26.4 Å². The van der Waals surface area contributed by atoms with E-state index in [1.165, 1.54) is 0 Å². The Hall–Kier alpha value is -1.86. The first-order valence-corrected chi connectivity index (χ1v) is 8.23. The van der Waals surface area contributed by atoms with E-state index in [9.17, 15) is 0 Å². The molecule has 1 saturated heterocycles. The minimum absolute atomic E-state index is 0.248. The van der Waals surface area contributed by atoms with Crippen molar-refractivity contribution in [1.82, 2.24) is 10.7 Å². The molecule has 1 aromatic rings. The highest BCUT2D eigenvalue weighted by Crippen LogP contribution is 2.30. The third-order valence-electron chi connectivity index (χ3n) is 3.80. The minimum Gasteiger partial charge on any atom is -0.486 e. The first-order chi connectivity index (χ1) is 11.2. The van der Waals surface area contributed by atoms with Crippen LogP contribution in [0, 0.1) is 0 Å². The summed E-state index contributed by atoms with van der Waals surface area (Å²) < 4.78 is 16.6. The summed E-state index contributed by atoms with van der Waals surface area (Å²) in [6.07, 6.45) is 2.45. The summed E-state index contributed by atoms with van der Waals surface area (Å²) in [4.78, 5) is 0. The summed E-state index contributed by atoms with van der Waals surface area (Å²) in [5.41, 5.74) is 4.65. The highest BCUT2D eigenvalue weighted by atomic mass is 32.1. The van der Waals surface area contributed by atoms with Crippen molar-refractivity contribution in [3.8, 4) is 11.5 Å². The van der Waals surface area contributed by atoms with Crippen LogP contribution < -0.4 is 20.2 Å². The third kappa shape index (κ3) is 4.33. The van der Waals surface area contributed by atoms with Crippen LogP contribution in [-0.2, 0) is 4.74 Å². The lowest BCUT2D eigenvalue weighted by Gasteiger charge is -2.18. The van der Waals surface area contributed by atoms with Gasteiger partial charge in [0.05, 0.1) is 11.8 Å². The summed E-state index contributed by atoms with van der Waals surface area (Å²) in [6.45, 7) is 4.63. The summed E-state index contributed by atoms with van der Waals surface area (Å²) >= 11 is 5.22. The van der Waals surface area contributed by atoms with Gasteiger partial charge in [-0.2, -0.15) is 5.10 Å². The number of hydrogen-bond acceptors (Lipinski definition) is 5. The molecule has 2 N–H and O–H groups in total. The fourth-order valence-corrected chi connectivity index (χ4v) is 2.65. The van der Waals surface area contributed by atoms with Crippen molar-refractivity contribution < 1.29 is 14.2 Å². The fourth-order valence-electron chi connectivity index (χ4n) is 2.52. The molecule has 6 nitrogen and oxygen atoms in total. The van der Waals surface area contributed by atoms with Crippen molar-refractivity contribution in [2.45, 2.75) is 25.9 Å². The standard InChI is InChI=1S/C16H21N3O3S/c1-11(12-4-5-14-15(9-12)22-8-7-21-14)18-19-16(23)17-10-13-3-2-6-20-13/h4-5,9,13H,2-3,6-8,10H2,1H3,(H2,17,19,23)/b18-11-/t13-/m0/s1. The van der Waals surface area contributed by atoms with Crippen molar-refractivity contribution in [1.29, 1.82) is 0 Å². The van der Waals surface area contributed by atoms with E-state index in [0.29, 0.717) is 24.9 Å². The number of ether oxygens (including phenoxy) is 3. The number of thiocarbonyl (C=S) groups is 1. The van der Waals surface area contributed by atoms with E-state index in [0.717, 1.165) is 42.2 Å². The molecule has 0 saturated carbocycles. The zero-order valence-electron chi connectivity index (χ0n) is 13.1. The predicted octanol–water partition coefficient (Wildman–Crippen LogP) is 1.82. The average molecular weight is 335 g/mol. The first kappa shape index (κ1) is 16.0. The number of hydrogen-bond donors (Lipinski definition) is 2. The van der Waals surface area contributed by atoms with Gasteiger partial charge in [0.2, 0.25) is 0 Å². The predicted molar refractivity (Wildman–Crippen MR) is 92.4 cm³/mol. The molecule has 0 aromatic heterocycles. The Morgan fingerprint density at radius 1 is 1.26 bits per heavy atom. The smallest absolute Gasteiger partial charge is 0.187 e. The minimum atomic E-state index is 0.248. The first-order valence-electron chi connectivity index (χ1n) is 7.82. The molecule has 0 bridgehead atoms. The second kappa shape index (κ2) is 7.61. The van der Waals surface area contributed by atoms with Crippen molar-refractivity contribution in [3.63, 3.8) is 0 Å². The number of rotatable bonds is 4.